The first-order valence-corrected chi connectivity index (χ1v) is 5.28. The summed E-state index contributed by atoms with van der Waals surface area (Å²) in [5, 5.41) is 0. The van der Waals surface area contributed by atoms with E-state index in [0.29, 0.717) is 6.07 Å². The molecule has 1 aromatic carbocycles. The Kier molecular flexibility index (Phi) is 3.48. The van der Waals surface area contributed by atoms with Crippen LogP contribution in [0.5, 0.6) is 0 Å². The normalized spacial score (nSPS) is 13.3. The van der Waals surface area contributed by atoms with Crippen LogP contribution in [0.4, 0.5) is 17.6 Å². The van der Waals surface area contributed by atoms with Gasteiger partial charge in [0.05, 0.1) is 11.6 Å². The molecule has 7 heteroatoms. The van der Waals surface area contributed by atoms with Crippen LogP contribution in [0.15, 0.2) is 36.7 Å². The van der Waals surface area contributed by atoms with Crippen LogP contribution in [0, 0.1) is 5.82 Å². The Morgan fingerprint density at radius 1 is 1.11 bits per heavy atom. The Morgan fingerprint density at radius 3 is 2.32 bits per heavy atom. The van der Waals surface area contributed by atoms with Gasteiger partial charge in [0, 0.05) is 12.4 Å². The van der Waals surface area contributed by atoms with E-state index in [2.05, 4.69) is 9.97 Å². The number of rotatable bonds is 2. The summed E-state index contributed by atoms with van der Waals surface area (Å²) in [6.07, 6.45) is -1.91. The second kappa shape index (κ2) is 4.93. The Balaban J connectivity index is 2.42. The number of halogens is 4. The molecule has 0 amide bonds. The molecule has 19 heavy (non-hydrogen) atoms. The molecule has 1 heterocycles. The highest BCUT2D eigenvalue weighted by atomic mass is 19.4. The second-order valence-electron chi connectivity index (χ2n) is 3.82. The molecule has 0 aliphatic carbocycles. The van der Waals surface area contributed by atoms with Crippen molar-refractivity contribution in [3.05, 3.63) is 59.4 Å². The van der Waals surface area contributed by atoms with E-state index in [1.54, 1.807) is 6.07 Å². The van der Waals surface area contributed by atoms with Crippen molar-refractivity contribution in [3.8, 4) is 0 Å². The van der Waals surface area contributed by atoms with E-state index in [1.165, 1.54) is 18.5 Å². The van der Waals surface area contributed by atoms with Gasteiger partial charge in [-0.15, -0.1) is 0 Å². The van der Waals surface area contributed by atoms with E-state index in [0.717, 1.165) is 6.07 Å². The summed E-state index contributed by atoms with van der Waals surface area (Å²) in [6.45, 7) is 0. The van der Waals surface area contributed by atoms with E-state index in [1.807, 2.05) is 0 Å². The molecule has 2 N–H and O–H groups in total. The van der Waals surface area contributed by atoms with Crippen LogP contribution in [0.25, 0.3) is 0 Å². The predicted octanol–water partition coefficient (Wildman–Crippen LogP) is 2.68. The monoisotopic (exact) mass is 271 g/mol. The van der Waals surface area contributed by atoms with Crippen LogP contribution in [-0.2, 0) is 6.18 Å². The minimum Gasteiger partial charge on any atom is -0.318 e. The molecular weight excluding hydrogens is 262 g/mol. The second-order valence-corrected chi connectivity index (χ2v) is 3.82. The molecule has 0 radical (unpaired) electrons. The largest absolute Gasteiger partial charge is 0.419 e. The van der Waals surface area contributed by atoms with Gasteiger partial charge in [0.2, 0.25) is 0 Å². The lowest BCUT2D eigenvalue weighted by molar-refractivity contribution is -0.140. The van der Waals surface area contributed by atoms with Gasteiger partial charge in [0.15, 0.2) is 0 Å². The maximum Gasteiger partial charge on any atom is 0.419 e. The molecule has 0 aliphatic rings. The summed E-state index contributed by atoms with van der Waals surface area (Å²) >= 11 is 0. The van der Waals surface area contributed by atoms with Crippen molar-refractivity contribution in [3.63, 3.8) is 0 Å². The molecule has 0 saturated heterocycles. The number of hydrogen-bond acceptors (Lipinski definition) is 3. The number of nitrogens with two attached hydrogens (primary N) is 1. The average Bonchev–Trinajstić information content (AvgIpc) is 2.38. The van der Waals surface area contributed by atoms with Crippen LogP contribution in [0.3, 0.4) is 0 Å². The van der Waals surface area contributed by atoms with Gasteiger partial charge in [-0.25, -0.2) is 14.4 Å². The maximum atomic E-state index is 13.1. The molecule has 0 spiro atoms. The molecule has 0 bridgehead atoms. The fourth-order valence-electron chi connectivity index (χ4n) is 1.57. The number of hydrogen-bond donors (Lipinski definition) is 1. The molecular formula is C12H9F4N3. The van der Waals surface area contributed by atoms with Gasteiger partial charge in [0.25, 0.3) is 0 Å². The van der Waals surface area contributed by atoms with Crippen molar-refractivity contribution in [2.75, 3.05) is 0 Å². The zero-order valence-corrected chi connectivity index (χ0v) is 9.53. The summed E-state index contributed by atoms with van der Waals surface area (Å²) in [4.78, 5) is 7.72. The standard InChI is InChI=1S/C12H9F4N3/c13-9-3-2-7(6-8(9)12(14,15)16)10(17)11-18-4-1-5-19-11/h1-6,10H,17H2. The van der Waals surface area contributed by atoms with E-state index >= 15 is 0 Å². The lowest BCUT2D eigenvalue weighted by Crippen LogP contribution is -2.17. The van der Waals surface area contributed by atoms with E-state index in [-0.39, 0.29) is 11.4 Å². The first-order valence-electron chi connectivity index (χ1n) is 5.28. The molecule has 0 aliphatic heterocycles. The number of benzene rings is 1. The van der Waals surface area contributed by atoms with Gasteiger partial charge in [-0.1, -0.05) is 6.07 Å². The van der Waals surface area contributed by atoms with Crippen molar-refractivity contribution < 1.29 is 17.6 Å². The molecule has 1 aromatic heterocycles. The van der Waals surface area contributed by atoms with E-state index < -0.39 is 23.6 Å². The molecule has 0 saturated carbocycles. The minimum atomic E-state index is -4.77. The fourth-order valence-corrected chi connectivity index (χ4v) is 1.57. The van der Waals surface area contributed by atoms with Crippen molar-refractivity contribution in [2.24, 2.45) is 5.73 Å². The average molecular weight is 271 g/mol. The number of alkyl halides is 3. The molecule has 2 rings (SSSR count). The fraction of sp³-hybridized carbons (Fsp3) is 0.167. The van der Waals surface area contributed by atoms with E-state index in [9.17, 15) is 17.6 Å². The predicted molar refractivity (Wildman–Crippen MR) is 59.5 cm³/mol. The molecule has 0 fully saturated rings. The van der Waals surface area contributed by atoms with Crippen molar-refractivity contribution in [2.45, 2.75) is 12.2 Å². The summed E-state index contributed by atoms with van der Waals surface area (Å²) < 4.78 is 50.9. The maximum absolute atomic E-state index is 13.1. The van der Waals surface area contributed by atoms with Gasteiger partial charge in [0.1, 0.15) is 11.6 Å². The van der Waals surface area contributed by atoms with Crippen LogP contribution in [0.1, 0.15) is 23.0 Å². The van der Waals surface area contributed by atoms with Gasteiger partial charge in [-0.2, -0.15) is 13.2 Å². The highest BCUT2D eigenvalue weighted by Gasteiger charge is 2.34. The lowest BCUT2D eigenvalue weighted by Gasteiger charge is -2.14. The third kappa shape index (κ3) is 2.87. The number of nitrogens with zero attached hydrogens (tertiary/aromatic N) is 2. The van der Waals surface area contributed by atoms with Gasteiger partial charge in [-0.3, -0.25) is 0 Å². The summed E-state index contributed by atoms with van der Waals surface area (Å²) in [5.74, 6) is -1.17. The first-order chi connectivity index (χ1) is 8.89. The molecule has 2 aromatic rings. The molecule has 100 valence electrons. The topological polar surface area (TPSA) is 51.8 Å². The molecule has 3 nitrogen and oxygen atoms in total. The van der Waals surface area contributed by atoms with Gasteiger partial charge >= 0.3 is 6.18 Å². The Labute approximate surface area is 106 Å². The zero-order chi connectivity index (χ0) is 14.0. The van der Waals surface area contributed by atoms with Gasteiger partial charge in [-0.05, 0) is 23.8 Å². The summed E-state index contributed by atoms with van der Waals surface area (Å²) in [6, 6.07) is 3.22. The zero-order valence-electron chi connectivity index (χ0n) is 9.53. The highest BCUT2D eigenvalue weighted by Crippen LogP contribution is 2.33. The lowest BCUT2D eigenvalue weighted by atomic mass is 10.0. The van der Waals surface area contributed by atoms with Crippen LogP contribution < -0.4 is 5.73 Å². The van der Waals surface area contributed by atoms with Crippen LogP contribution in [0.2, 0.25) is 0 Å². The Hall–Kier alpha value is -2.02. The van der Waals surface area contributed by atoms with E-state index in [4.69, 9.17) is 5.73 Å². The SMILES string of the molecule is NC(c1ccc(F)c(C(F)(F)F)c1)c1ncccn1. The molecule has 1 unspecified atom stereocenters. The first kappa shape index (κ1) is 13.4. The summed E-state index contributed by atoms with van der Waals surface area (Å²) in [5.41, 5.74) is 4.51. The third-order valence-electron chi connectivity index (χ3n) is 2.52. The highest BCUT2D eigenvalue weighted by molar-refractivity contribution is 5.31. The van der Waals surface area contributed by atoms with Crippen molar-refractivity contribution in [1.29, 1.82) is 0 Å². The van der Waals surface area contributed by atoms with Crippen LogP contribution in [-0.4, -0.2) is 9.97 Å². The Morgan fingerprint density at radius 2 is 1.74 bits per heavy atom. The van der Waals surface area contributed by atoms with Gasteiger partial charge < -0.3 is 5.73 Å². The van der Waals surface area contributed by atoms with Crippen molar-refractivity contribution >= 4 is 0 Å². The minimum absolute atomic E-state index is 0.0972. The third-order valence-corrected chi connectivity index (χ3v) is 2.52. The summed E-state index contributed by atoms with van der Waals surface area (Å²) in [7, 11) is 0. The Bertz CT molecular complexity index is 569. The number of aromatic nitrogens is 2. The van der Waals surface area contributed by atoms with Crippen molar-refractivity contribution in [1.82, 2.24) is 9.97 Å². The van der Waals surface area contributed by atoms with Crippen LogP contribution >= 0.6 is 0 Å². The molecule has 1 atom stereocenters. The smallest absolute Gasteiger partial charge is 0.318 e. The quantitative estimate of drug-likeness (QED) is 0.854.